The second-order valence-corrected chi connectivity index (χ2v) is 5.56. The van der Waals surface area contributed by atoms with Crippen LogP contribution in [0, 0.1) is 0 Å². The van der Waals surface area contributed by atoms with E-state index in [2.05, 4.69) is 27.9 Å². The van der Waals surface area contributed by atoms with Gasteiger partial charge in [-0.3, -0.25) is 0 Å². The Morgan fingerprint density at radius 2 is 2.43 bits per heavy atom. The first-order valence-corrected chi connectivity index (χ1v) is 7.92. The highest BCUT2D eigenvalue weighted by atomic mass is 16.5. The Labute approximate surface area is 135 Å². The summed E-state index contributed by atoms with van der Waals surface area (Å²) in [5, 5.41) is 13.6. The van der Waals surface area contributed by atoms with E-state index in [-0.39, 0.29) is 18.2 Å². The number of nitrogens with one attached hydrogen (secondary N) is 2. The van der Waals surface area contributed by atoms with Crippen LogP contribution >= 0.6 is 0 Å². The smallest absolute Gasteiger partial charge is 0.319 e. The van der Waals surface area contributed by atoms with Gasteiger partial charge in [0, 0.05) is 12.3 Å². The molecule has 1 fully saturated rings. The van der Waals surface area contributed by atoms with Gasteiger partial charge in [0.05, 0.1) is 30.2 Å². The zero-order chi connectivity index (χ0) is 16.1. The zero-order valence-corrected chi connectivity index (χ0v) is 13.1. The van der Waals surface area contributed by atoms with Crippen LogP contribution in [0.2, 0.25) is 0 Å². The van der Waals surface area contributed by atoms with E-state index in [1.54, 1.807) is 17.1 Å². The largest absolute Gasteiger partial charge is 0.376 e. The highest BCUT2D eigenvalue weighted by Crippen LogP contribution is 2.18. The van der Waals surface area contributed by atoms with Gasteiger partial charge in [-0.1, -0.05) is 18.2 Å². The van der Waals surface area contributed by atoms with Crippen LogP contribution in [0.1, 0.15) is 26.2 Å². The number of benzene rings is 1. The van der Waals surface area contributed by atoms with Crippen molar-refractivity contribution in [2.75, 3.05) is 11.9 Å². The van der Waals surface area contributed by atoms with Gasteiger partial charge in [-0.15, -0.1) is 5.10 Å². The number of nitrogens with zero attached hydrogens (tertiary/aromatic N) is 3. The summed E-state index contributed by atoms with van der Waals surface area (Å²) in [5.41, 5.74) is 1.55. The quantitative estimate of drug-likeness (QED) is 0.887. The van der Waals surface area contributed by atoms with Gasteiger partial charge in [-0.2, -0.15) is 0 Å². The lowest BCUT2D eigenvalue weighted by molar-refractivity contribution is 0.0804. The fourth-order valence-corrected chi connectivity index (χ4v) is 2.79. The average molecular weight is 315 g/mol. The number of carbonyl (C=O) groups excluding carboxylic acids is 1. The van der Waals surface area contributed by atoms with E-state index < -0.39 is 0 Å². The van der Waals surface area contributed by atoms with Gasteiger partial charge in [0.1, 0.15) is 0 Å². The average Bonchev–Trinajstić information content (AvgIpc) is 3.26. The minimum absolute atomic E-state index is 0.0380. The maximum Gasteiger partial charge on any atom is 0.319 e. The normalized spacial score (nSPS) is 18.6. The molecule has 1 aliphatic heterocycles. The molecule has 3 rings (SSSR count). The van der Waals surface area contributed by atoms with E-state index in [4.69, 9.17) is 4.74 Å². The molecule has 2 unspecified atom stereocenters. The van der Waals surface area contributed by atoms with E-state index in [1.165, 1.54) is 0 Å². The molecule has 7 nitrogen and oxygen atoms in total. The standard InChI is InChI=1S/C16H21N5O2/c1-2-14(15-7-4-10-23-15)19-16(22)18-12-5-3-6-13(11-12)21-9-8-17-20-21/h3,5-6,8-9,11,14-15H,2,4,7,10H2,1H3,(H2,18,19,22). The molecule has 0 aliphatic carbocycles. The van der Waals surface area contributed by atoms with Crippen molar-refractivity contribution in [3.63, 3.8) is 0 Å². The Hall–Kier alpha value is -2.41. The molecule has 1 saturated heterocycles. The van der Waals surface area contributed by atoms with E-state index >= 15 is 0 Å². The molecule has 0 radical (unpaired) electrons. The maximum absolute atomic E-state index is 12.2. The van der Waals surface area contributed by atoms with Crippen molar-refractivity contribution in [2.24, 2.45) is 0 Å². The molecule has 1 aromatic heterocycles. The molecular weight excluding hydrogens is 294 g/mol. The van der Waals surface area contributed by atoms with Crippen molar-refractivity contribution in [2.45, 2.75) is 38.3 Å². The summed E-state index contributed by atoms with van der Waals surface area (Å²) in [6.07, 6.45) is 6.39. The van der Waals surface area contributed by atoms with Crippen molar-refractivity contribution >= 4 is 11.7 Å². The predicted molar refractivity (Wildman–Crippen MR) is 86.6 cm³/mol. The molecule has 0 saturated carbocycles. The molecule has 1 aliphatic rings. The van der Waals surface area contributed by atoms with Crippen molar-refractivity contribution in [3.05, 3.63) is 36.7 Å². The summed E-state index contributed by atoms with van der Waals surface area (Å²) >= 11 is 0. The number of carbonyl (C=O) groups is 1. The van der Waals surface area contributed by atoms with Crippen LogP contribution in [-0.2, 0) is 4.74 Å². The van der Waals surface area contributed by atoms with Crippen molar-refractivity contribution in [1.82, 2.24) is 20.3 Å². The topological polar surface area (TPSA) is 81.1 Å². The van der Waals surface area contributed by atoms with Crippen LogP contribution in [0.3, 0.4) is 0 Å². The van der Waals surface area contributed by atoms with Crippen LogP contribution in [0.5, 0.6) is 0 Å². The van der Waals surface area contributed by atoms with Gasteiger partial charge < -0.3 is 15.4 Å². The highest BCUT2D eigenvalue weighted by Gasteiger charge is 2.25. The third-order valence-corrected chi connectivity index (χ3v) is 3.96. The Morgan fingerprint density at radius 3 is 3.13 bits per heavy atom. The lowest BCUT2D eigenvalue weighted by atomic mass is 10.1. The molecule has 0 spiro atoms. The molecule has 2 heterocycles. The summed E-state index contributed by atoms with van der Waals surface area (Å²) in [6, 6.07) is 7.27. The van der Waals surface area contributed by atoms with Gasteiger partial charge in [0.2, 0.25) is 0 Å². The van der Waals surface area contributed by atoms with Gasteiger partial charge in [0.25, 0.3) is 0 Å². The van der Waals surface area contributed by atoms with Crippen molar-refractivity contribution in [3.8, 4) is 5.69 Å². The first-order chi connectivity index (χ1) is 11.3. The first-order valence-electron chi connectivity index (χ1n) is 7.92. The predicted octanol–water partition coefficient (Wildman–Crippen LogP) is 2.35. The summed E-state index contributed by atoms with van der Waals surface area (Å²) in [6.45, 7) is 2.84. The molecule has 122 valence electrons. The summed E-state index contributed by atoms with van der Waals surface area (Å²) in [7, 11) is 0. The summed E-state index contributed by atoms with van der Waals surface area (Å²) < 4.78 is 7.31. The van der Waals surface area contributed by atoms with Crippen molar-refractivity contribution in [1.29, 1.82) is 0 Å². The Balaban J connectivity index is 1.62. The molecule has 2 N–H and O–H groups in total. The lowest BCUT2D eigenvalue weighted by Gasteiger charge is -2.23. The molecule has 2 amide bonds. The molecule has 1 aromatic carbocycles. The van der Waals surface area contributed by atoms with Gasteiger partial charge >= 0.3 is 6.03 Å². The third-order valence-electron chi connectivity index (χ3n) is 3.96. The number of hydrogen-bond acceptors (Lipinski definition) is 4. The van der Waals surface area contributed by atoms with Crippen LogP contribution in [-0.4, -0.2) is 39.8 Å². The number of anilines is 1. The second-order valence-electron chi connectivity index (χ2n) is 5.56. The molecular formula is C16H21N5O2. The van der Waals surface area contributed by atoms with E-state index in [0.29, 0.717) is 5.69 Å². The van der Waals surface area contributed by atoms with Gasteiger partial charge in [-0.05, 0) is 37.5 Å². The van der Waals surface area contributed by atoms with Gasteiger partial charge in [-0.25, -0.2) is 9.48 Å². The van der Waals surface area contributed by atoms with E-state index in [9.17, 15) is 4.79 Å². The second kappa shape index (κ2) is 7.23. The zero-order valence-electron chi connectivity index (χ0n) is 13.1. The Kier molecular flexibility index (Phi) is 4.87. The summed E-state index contributed by atoms with van der Waals surface area (Å²) in [4.78, 5) is 12.2. The maximum atomic E-state index is 12.2. The molecule has 7 heteroatoms. The third kappa shape index (κ3) is 3.87. The minimum Gasteiger partial charge on any atom is -0.376 e. The number of urea groups is 1. The van der Waals surface area contributed by atoms with Crippen LogP contribution < -0.4 is 10.6 Å². The van der Waals surface area contributed by atoms with E-state index in [0.717, 1.165) is 31.6 Å². The first kappa shape index (κ1) is 15.5. The number of amides is 2. The highest BCUT2D eigenvalue weighted by molar-refractivity contribution is 5.89. The van der Waals surface area contributed by atoms with Crippen LogP contribution in [0.25, 0.3) is 5.69 Å². The fourth-order valence-electron chi connectivity index (χ4n) is 2.79. The molecule has 0 bridgehead atoms. The van der Waals surface area contributed by atoms with Crippen molar-refractivity contribution < 1.29 is 9.53 Å². The lowest BCUT2D eigenvalue weighted by Crippen LogP contribution is -2.44. The van der Waals surface area contributed by atoms with Crippen LogP contribution in [0.4, 0.5) is 10.5 Å². The van der Waals surface area contributed by atoms with Crippen LogP contribution in [0.15, 0.2) is 36.7 Å². The molecule has 2 aromatic rings. The number of rotatable bonds is 5. The Morgan fingerprint density at radius 1 is 1.52 bits per heavy atom. The number of aromatic nitrogens is 3. The number of hydrogen-bond donors (Lipinski definition) is 2. The monoisotopic (exact) mass is 315 g/mol. The van der Waals surface area contributed by atoms with E-state index in [1.807, 2.05) is 24.3 Å². The number of ether oxygens (including phenoxy) is 1. The molecule has 23 heavy (non-hydrogen) atoms. The van der Waals surface area contributed by atoms with Gasteiger partial charge in [0.15, 0.2) is 0 Å². The Bertz CT molecular complexity index is 638. The molecule has 2 atom stereocenters. The summed E-state index contributed by atoms with van der Waals surface area (Å²) in [5.74, 6) is 0. The fraction of sp³-hybridized carbons (Fsp3) is 0.438. The minimum atomic E-state index is -0.219. The SMILES string of the molecule is CCC(NC(=O)Nc1cccc(-n2ccnn2)c1)C1CCCO1.